The lowest BCUT2D eigenvalue weighted by atomic mass is 9.93. The SMILES string of the molecule is CCCc1ccccc1NC1CCOC(C)(C)C1. The van der Waals surface area contributed by atoms with Gasteiger partial charge in [0.25, 0.3) is 0 Å². The fourth-order valence-corrected chi connectivity index (χ4v) is 2.72. The Morgan fingerprint density at radius 3 is 2.83 bits per heavy atom. The third-order valence-electron chi connectivity index (χ3n) is 3.59. The van der Waals surface area contributed by atoms with Gasteiger partial charge in [-0.1, -0.05) is 31.5 Å². The van der Waals surface area contributed by atoms with Crippen molar-refractivity contribution >= 4 is 5.69 Å². The van der Waals surface area contributed by atoms with Crippen LogP contribution in [0.1, 0.15) is 45.6 Å². The zero-order valence-corrected chi connectivity index (χ0v) is 11.8. The second kappa shape index (κ2) is 5.75. The molecule has 0 saturated carbocycles. The number of rotatable bonds is 4. The number of aryl methyl sites for hydroxylation is 1. The maximum absolute atomic E-state index is 5.77. The van der Waals surface area contributed by atoms with Crippen molar-refractivity contribution in [3.05, 3.63) is 29.8 Å². The molecular weight excluding hydrogens is 222 g/mol. The van der Waals surface area contributed by atoms with Crippen LogP contribution in [0.15, 0.2) is 24.3 Å². The number of hydrogen-bond acceptors (Lipinski definition) is 2. The van der Waals surface area contributed by atoms with Crippen molar-refractivity contribution < 1.29 is 4.74 Å². The molecule has 1 aliphatic heterocycles. The first-order chi connectivity index (χ1) is 8.61. The first-order valence-electron chi connectivity index (χ1n) is 7.09. The highest BCUT2D eigenvalue weighted by Gasteiger charge is 2.28. The highest BCUT2D eigenvalue weighted by Crippen LogP contribution is 2.27. The Hall–Kier alpha value is -1.02. The fraction of sp³-hybridized carbons (Fsp3) is 0.625. The summed E-state index contributed by atoms with van der Waals surface area (Å²) in [5, 5.41) is 3.71. The van der Waals surface area contributed by atoms with Crippen LogP contribution in [0.4, 0.5) is 5.69 Å². The molecular formula is C16H25NO. The zero-order chi connectivity index (χ0) is 13.0. The Kier molecular flexibility index (Phi) is 4.28. The summed E-state index contributed by atoms with van der Waals surface area (Å²) in [7, 11) is 0. The van der Waals surface area contributed by atoms with E-state index in [0.717, 1.165) is 25.9 Å². The predicted octanol–water partition coefficient (Wildman–Crippen LogP) is 4.01. The molecule has 0 amide bonds. The molecule has 1 unspecified atom stereocenters. The Balaban J connectivity index is 2.04. The van der Waals surface area contributed by atoms with Crippen molar-refractivity contribution in [1.29, 1.82) is 0 Å². The van der Waals surface area contributed by atoms with Gasteiger partial charge >= 0.3 is 0 Å². The molecule has 1 aliphatic rings. The Morgan fingerprint density at radius 1 is 1.33 bits per heavy atom. The van der Waals surface area contributed by atoms with E-state index in [-0.39, 0.29) is 5.60 Å². The predicted molar refractivity (Wildman–Crippen MR) is 77.1 cm³/mol. The van der Waals surface area contributed by atoms with E-state index in [2.05, 4.69) is 50.4 Å². The summed E-state index contributed by atoms with van der Waals surface area (Å²) in [5.41, 5.74) is 2.75. The second-order valence-electron chi connectivity index (χ2n) is 5.85. The van der Waals surface area contributed by atoms with Gasteiger partial charge in [0.15, 0.2) is 0 Å². The molecule has 1 atom stereocenters. The first kappa shape index (κ1) is 13.4. The van der Waals surface area contributed by atoms with E-state index < -0.39 is 0 Å². The summed E-state index contributed by atoms with van der Waals surface area (Å²) in [4.78, 5) is 0. The van der Waals surface area contributed by atoms with Gasteiger partial charge in [-0.05, 0) is 44.7 Å². The van der Waals surface area contributed by atoms with E-state index in [0.29, 0.717) is 6.04 Å². The summed E-state index contributed by atoms with van der Waals surface area (Å²) in [5.74, 6) is 0. The summed E-state index contributed by atoms with van der Waals surface area (Å²) in [6.07, 6.45) is 4.52. The highest BCUT2D eigenvalue weighted by atomic mass is 16.5. The van der Waals surface area contributed by atoms with Gasteiger partial charge in [-0.3, -0.25) is 0 Å². The van der Waals surface area contributed by atoms with Gasteiger partial charge in [0.1, 0.15) is 0 Å². The molecule has 0 radical (unpaired) electrons. The van der Waals surface area contributed by atoms with Gasteiger partial charge in [0, 0.05) is 18.3 Å². The molecule has 18 heavy (non-hydrogen) atoms. The van der Waals surface area contributed by atoms with Gasteiger partial charge in [0.2, 0.25) is 0 Å². The average molecular weight is 247 g/mol. The number of benzene rings is 1. The molecule has 1 fully saturated rings. The van der Waals surface area contributed by atoms with Crippen molar-refractivity contribution in [3.8, 4) is 0 Å². The summed E-state index contributed by atoms with van der Waals surface area (Å²) >= 11 is 0. The number of ether oxygens (including phenoxy) is 1. The minimum absolute atomic E-state index is 0.00954. The van der Waals surface area contributed by atoms with Gasteiger partial charge < -0.3 is 10.1 Å². The number of nitrogens with one attached hydrogen (secondary N) is 1. The van der Waals surface area contributed by atoms with Crippen LogP contribution < -0.4 is 5.32 Å². The lowest BCUT2D eigenvalue weighted by Gasteiger charge is -2.36. The summed E-state index contributed by atoms with van der Waals surface area (Å²) < 4.78 is 5.77. The molecule has 2 heteroatoms. The smallest absolute Gasteiger partial charge is 0.0646 e. The topological polar surface area (TPSA) is 21.3 Å². The quantitative estimate of drug-likeness (QED) is 0.868. The van der Waals surface area contributed by atoms with Crippen LogP contribution in [0, 0.1) is 0 Å². The summed E-state index contributed by atoms with van der Waals surface area (Å²) in [6, 6.07) is 9.21. The standard InChI is InChI=1S/C16H25NO/c1-4-7-13-8-5-6-9-15(13)17-14-10-11-18-16(2,3)12-14/h5-6,8-9,14,17H,4,7,10-12H2,1-3H3. The molecule has 1 N–H and O–H groups in total. The van der Waals surface area contributed by atoms with Crippen molar-refractivity contribution in [1.82, 2.24) is 0 Å². The Morgan fingerprint density at radius 2 is 2.11 bits per heavy atom. The molecule has 1 saturated heterocycles. The van der Waals surface area contributed by atoms with Crippen molar-refractivity contribution in [2.45, 2.75) is 58.1 Å². The average Bonchev–Trinajstić information content (AvgIpc) is 2.31. The molecule has 1 aromatic rings. The van der Waals surface area contributed by atoms with E-state index in [1.54, 1.807) is 0 Å². The largest absolute Gasteiger partial charge is 0.382 e. The Bertz CT molecular complexity index is 386. The lowest BCUT2D eigenvalue weighted by Crippen LogP contribution is -2.40. The number of para-hydroxylation sites is 1. The van der Waals surface area contributed by atoms with E-state index >= 15 is 0 Å². The van der Waals surface area contributed by atoms with Crippen LogP contribution in [0.25, 0.3) is 0 Å². The minimum Gasteiger partial charge on any atom is -0.382 e. The van der Waals surface area contributed by atoms with Gasteiger partial charge in [0.05, 0.1) is 5.60 Å². The second-order valence-corrected chi connectivity index (χ2v) is 5.85. The van der Waals surface area contributed by atoms with Crippen molar-refractivity contribution in [2.75, 3.05) is 11.9 Å². The van der Waals surface area contributed by atoms with E-state index in [4.69, 9.17) is 4.74 Å². The van der Waals surface area contributed by atoms with Gasteiger partial charge in [-0.25, -0.2) is 0 Å². The van der Waals surface area contributed by atoms with Crippen LogP contribution in [0.5, 0.6) is 0 Å². The van der Waals surface area contributed by atoms with Gasteiger partial charge in [-0.15, -0.1) is 0 Å². The lowest BCUT2D eigenvalue weighted by molar-refractivity contribution is -0.0553. The maximum Gasteiger partial charge on any atom is 0.0646 e. The fourth-order valence-electron chi connectivity index (χ4n) is 2.72. The van der Waals surface area contributed by atoms with Crippen LogP contribution in [0.3, 0.4) is 0 Å². The number of hydrogen-bond donors (Lipinski definition) is 1. The first-order valence-corrected chi connectivity index (χ1v) is 7.09. The molecule has 0 aromatic heterocycles. The third kappa shape index (κ3) is 3.49. The molecule has 0 spiro atoms. The van der Waals surface area contributed by atoms with E-state index in [9.17, 15) is 0 Å². The van der Waals surface area contributed by atoms with E-state index in [1.807, 2.05) is 0 Å². The van der Waals surface area contributed by atoms with E-state index in [1.165, 1.54) is 17.7 Å². The van der Waals surface area contributed by atoms with Crippen molar-refractivity contribution in [3.63, 3.8) is 0 Å². The molecule has 100 valence electrons. The monoisotopic (exact) mass is 247 g/mol. The molecule has 2 nitrogen and oxygen atoms in total. The molecule has 1 heterocycles. The zero-order valence-electron chi connectivity index (χ0n) is 11.8. The van der Waals surface area contributed by atoms with Crippen LogP contribution in [-0.2, 0) is 11.2 Å². The molecule has 0 bridgehead atoms. The highest BCUT2D eigenvalue weighted by molar-refractivity contribution is 5.52. The normalized spacial score (nSPS) is 22.7. The van der Waals surface area contributed by atoms with Gasteiger partial charge in [-0.2, -0.15) is 0 Å². The van der Waals surface area contributed by atoms with Crippen LogP contribution in [0.2, 0.25) is 0 Å². The summed E-state index contributed by atoms with van der Waals surface area (Å²) in [6.45, 7) is 7.45. The van der Waals surface area contributed by atoms with Crippen LogP contribution in [-0.4, -0.2) is 18.2 Å². The number of anilines is 1. The maximum atomic E-state index is 5.77. The molecule has 2 rings (SSSR count). The molecule has 0 aliphatic carbocycles. The van der Waals surface area contributed by atoms with Crippen molar-refractivity contribution in [2.24, 2.45) is 0 Å². The third-order valence-corrected chi connectivity index (χ3v) is 3.59. The Labute approximate surface area is 111 Å². The van der Waals surface area contributed by atoms with Crippen LogP contribution >= 0.6 is 0 Å². The molecule has 1 aromatic carbocycles. The minimum atomic E-state index is 0.00954.